The first-order valence-electron chi connectivity index (χ1n) is 6.53. The van der Waals surface area contributed by atoms with E-state index in [1.807, 2.05) is 49.4 Å². The van der Waals surface area contributed by atoms with Crippen LogP contribution in [0.5, 0.6) is 0 Å². The Kier molecular flexibility index (Phi) is 4.03. The van der Waals surface area contributed by atoms with Crippen LogP contribution in [0.15, 0.2) is 46.9 Å². The average molecular weight is 361 g/mol. The summed E-state index contributed by atoms with van der Waals surface area (Å²) < 4.78 is 2.08. The maximum atomic E-state index is 12.3. The molecule has 0 aliphatic rings. The Bertz CT molecular complexity index is 780. The molecule has 2 aromatic carbocycles. The number of halogens is 1. The van der Waals surface area contributed by atoms with Gasteiger partial charge in [-0.05, 0) is 36.8 Å². The van der Waals surface area contributed by atoms with Gasteiger partial charge in [0.2, 0.25) is 0 Å². The lowest BCUT2D eigenvalue weighted by Gasteiger charge is -2.07. The van der Waals surface area contributed by atoms with Crippen molar-refractivity contribution in [1.82, 2.24) is 10.3 Å². The maximum absolute atomic E-state index is 12.3. The number of carbonyl (C=O) groups excluding carboxylic acids is 1. The summed E-state index contributed by atoms with van der Waals surface area (Å²) in [6.07, 6.45) is 0. The molecule has 0 aliphatic carbocycles. The van der Waals surface area contributed by atoms with Crippen molar-refractivity contribution >= 4 is 43.4 Å². The van der Waals surface area contributed by atoms with Gasteiger partial charge in [0.25, 0.3) is 5.91 Å². The molecule has 5 heteroatoms. The number of carbonyl (C=O) groups is 1. The van der Waals surface area contributed by atoms with Gasteiger partial charge in [-0.25, -0.2) is 4.98 Å². The molecule has 0 spiro atoms. The number of aromatic nitrogens is 1. The zero-order valence-electron chi connectivity index (χ0n) is 11.4. The minimum Gasteiger partial charge on any atom is -0.346 e. The fourth-order valence-corrected chi connectivity index (χ4v) is 3.37. The Morgan fingerprint density at radius 1 is 1.24 bits per heavy atom. The van der Waals surface area contributed by atoms with Gasteiger partial charge in [-0.1, -0.05) is 34.1 Å². The molecule has 0 fully saturated rings. The summed E-state index contributed by atoms with van der Waals surface area (Å²) >= 11 is 5.05. The second-order valence-corrected chi connectivity index (χ2v) is 6.64. The zero-order chi connectivity index (χ0) is 14.8. The topological polar surface area (TPSA) is 42.0 Å². The van der Waals surface area contributed by atoms with Crippen molar-refractivity contribution in [3.63, 3.8) is 0 Å². The molecule has 1 aromatic heterocycles. The fourth-order valence-electron chi connectivity index (χ4n) is 2.10. The van der Waals surface area contributed by atoms with Gasteiger partial charge in [-0.15, -0.1) is 11.3 Å². The highest BCUT2D eigenvalue weighted by Gasteiger charge is 2.11. The van der Waals surface area contributed by atoms with E-state index < -0.39 is 0 Å². The van der Waals surface area contributed by atoms with E-state index in [0.717, 1.165) is 25.3 Å². The molecule has 3 rings (SSSR count). The lowest BCUT2D eigenvalue weighted by atomic mass is 10.1. The van der Waals surface area contributed by atoms with E-state index in [-0.39, 0.29) is 5.91 Å². The lowest BCUT2D eigenvalue weighted by molar-refractivity contribution is 0.0950. The first kappa shape index (κ1) is 14.2. The van der Waals surface area contributed by atoms with Crippen molar-refractivity contribution in [2.75, 3.05) is 0 Å². The zero-order valence-corrected chi connectivity index (χ0v) is 13.8. The average Bonchev–Trinajstić information content (AvgIpc) is 2.90. The third kappa shape index (κ3) is 2.99. The Balaban J connectivity index is 1.75. The largest absolute Gasteiger partial charge is 0.346 e. The van der Waals surface area contributed by atoms with Crippen molar-refractivity contribution < 1.29 is 4.79 Å². The SMILES string of the molecule is Cc1c(Br)cccc1C(=O)NCc1nc2ccccc2s1. The van der Waals surface area contributed by atoms with Gasteiger partial charge < -0.3 is 5.32 Å². The number of hydrogen-bond acceptors (Lipinski definition) is 3. The van der Waals surface area contributed by atoms with E-state index in [0.29, 0.717) is 12.1 Å². The van der Waals surface area contributed by atoms with Crippen LogP contribution in [0.3, 0.4) is 0 Å². The van der Waals surface area contributed by atoms with Crippen LogP contribution in [0.1, 0.15) is 20.9 Å². The molecule has 0 bridgehead atoms. The highest BCUT2D eigenvalue weighted by molar-refractivity contribution is 9.10. The van der Waals surface area contributed by atoms with Crippen molar-refractivity contribution in [2.24, 2.45) is 0 Å². The van der Waals surface area contributed by atoms with Crippen LogP contribution in [0, 0.1) is 6.92 Å². The normalized spacial score (nSPS) is 10.8. The Labute approximate surface area is 135 Å². The third-order valence-electron chi connectivity index (χ3n) is 3.25. The molecule has 1 N–H and O–H groups in total. The van der Waals surface area contributed by atoms with Crippen LogP contribution in [-0.4, -0.2) is 10.9 Å². The van der Waals surface area contributed by atoms with E-state index in [1.165, 1.54) is 0 Å². The number of nitrogens with zero attached hydrogens (tertiary/aromatic N) is 1. The number of amides is 1. The maximum Gasteiger partial charge on any atom is 0.251 e. The molecule has 3 aromatic rings. The fraction of sp³-hybridized carbons (Fsp3) is 0.125. The molecule has 0 saturated carbocycles. The quantitative estimate of drug-likeness (QED) is 0.756. The Morgan fingerprint density at radius 2 is 2.05 bits per heavy atom. The molecule has 106 valence electrons. The predicted molar refractivity (Wildman–Crippen MR) is 89.7 cm³/mol. The molecular weight excluding hydrogens is 348 g/mol. The summed E-state index contributed by atoms with van der Waals surface area (Å²) in [5.74, 6) is -0.0759. The summed E-state index contributed by atoms with van der Waals surface area (Å²) in [5.41, 5.74) is 2.61. The lowest BCUT2D eigenvalue weighted by Crippen LogP contribution is -2.23. The summed E-state index contributed by atoms with van der Waals surface area (Å²) in [5, 5.41) is 3.85. The predicted octanol–water partition coefficient (Wildman–Crippen LogP) is 4.30. The number of hydrogen-bond donors (Lipinski definition) is 1. The third-order valence-corrected chi connectivity index (χ3v) is 5.15. The van der Waals surface area contributed by atoms with E-state index >= 15 is 0 Å². The van der Waals surface area contributed by atoms with Crippen molar-refractivity contribution in [3.8, 4) is 0 Å². The highest BCUT2D eigenvalue weighted by Crippen LogP contribution is 2.22. The minimum atomic E-state index is -0.0759. The van der Waals surface area contributed by atoms with Crippen LogP contribution < -0.4 is 5.32 Å². The van der Waals surface area contributed by atoms with Gasteiger partial charge in [-0.3, -0.25) is 4.79 Å². The Hall–Kier alpha value is -1.72. The van der Waals surface area contributed by atoms with E-state index in [2.05, 4.69) is 26.2 Å². The van der Waals surface area contributed by atoms with Gasteiger partial charge >= 0.3 is 0 Å². The minimum absolute atomic E-state index is 0.0759. The Morgan fingerprint density at radius 3 is 2.86 bits per heavy atom. The molecule has 0 unspecified atom stereocenters. The second kappa shape index (κ2) is 5.95. The molecule has 0 saturated heterocycles. The molecule has 21 heavy (non-hydrogen) atoms. The molecule has 1 amide bonds. The number of rotatable bonds is 3. The molecule has 0 aliphatic heterocycles. The monoisotopic (exact) mass is 360 g/mol. The molecule has 3 nitrogen and oxygen atoms in total. The number of thiazole rings is 1. The van der Waals surface area contributed by atoms with Crippen LogP contribution >= 0.6 is 27.3 Å². The van der Waals surface area contributed by atoms with E-state index in [1.54, 1.807) is 11.3 Å². The van der Waals surface area contributed by atoms with Gasteiger partial charge in [0.15, 0.2) is 0 Å². The smallest absolute Gasteiger partial charge is 0.251 e. The summed E-state index contributed by atoms with van der Waals surface area (Å²) in [4.78, 5) is 16.8. The number of fused-ring (bicyclic) bond motifs is 1. The van der Waals surface area contributed by atoms with Crippen LogP contribution in [0.4, 0.5) is 0 Å². The van der Waals surface area contributed by atoms with Crippen molar-refractivity contribution in [3.05, 3.63) is 63.1 Å². The van der Waals surface area contributed by atoms with E-state index in [9.17, 15) is 4.79 Å². The van der Waals surface area contributed by atoms with Gasteiger partial charge in [-0.2, -0.15) is 0 Å². The highest BCUT2D eigenvalue weighted by atomic mass is 79.9. The summed E-state index contributed by atoms with van der Waals surface area (Å²) in [6, 6.07) is 13.6. The second-order valence-electron chi connectivity index (χ2n) is 4.67. The first-order chi connectivity index (χ1) is 10.1. The standard InChI is InChI=1S/C16H13BrN2OS/c1-10-11(5-4-6-12(10)17)16(20)18-9-15-19-13-7-2-3-8-14(13)21-15/h2-8H,9H2,1H3,(H,18,20). The van der Waals surface area contributed by atoms with Crippen LogP contribution in [0.25, 0.3) is 10.2 Å². The number of para-hydroxylation sites is 1. The van der Waals surface area contributed by atoms with Crippen LogP contribution in [0.2, 0.25) is 0 Å². The first-order valence-corrected chi connectivity index (χ1v) is 8.14. The molecule has 1 heterocycles. The summed E-state index contributed by atoms with van der Waals surface area (Å²) in [6.45, 7) is 2.38. The van der Waals surface area contributed by atoms with Gasteiger partial charge in [0.05, 0.1) is 16.8 Å². The van der Waals surface area contributed by atoms with Crippen LogP contribution in [-0.2, 0) is 6.54 Å². The van der Waals surface area contributed by atoms with Gasteiger partial charge in [0, 0.05) is 10.0 Å². The van der Waals surface area contributed by atoms with Crippen molar-refractivity contribution in [1.29, 1.82) is 0 Å². The summed E-state index contributed by atoms with van der Waals surface area (Å²) in [7, 11) is 0. The number of nitrogens with one attached hydrogen (secondary N) is 1. The molecular formula is C16H13BrN2OS. The molecule has 0 atom stereocenters. The molecule has 0 radical (unpaired) electrons. The van der Waals surface area contributed by atoms with Crippen molar-refractivity contribution in [2.45, 2.75) is 13.5 Å². The van der Waals surface area contributed by atoms with Gasteiger partial charge in [0.1, 0.15) is 5.01 Å². The van der Waals surface area contributed by atoms with E-state index in [4.69, 9.17) is 0 Å². The number of benzene rings is 2.